The Morgan fingerprint density at radius 2 is 1.54 bits per heavy atom. The van der Waals surface area contributed by atoms with Gasteiger partial charge in [0.05, 0.1) is 8.80 Å². The molecule has 0 aliphatic rings. The van der Waals surface area contributed by atoms with E-state index in [1.54, 1.807) is 0 Å². The Kier molecular flexibility index (Phi) is 11.9. The van der Waals surface area contributed by atoms with E-state index in [1.807, 2.05) is 13.8 Å². The first kappa shape index (κ1) is 24.3. The lowest BCUT2D eigenvalue weighted by Crippen LogP contribution is -2.53. The van der Waals surface area contributed by atoms with Gasteiger partial charge in [-0.15, -0.1) is 0 Å². The van der Waals surface area contributed by atoms with Crippen molar-refractivity contribution >= 4 is 17.6 Å². The zero-order valence-electron chi connectivity index (χ0n) is 17.8. The lowest BCUT2D eigenvalue weighted by molar-refractivity contribution is 0.0513. The topological polar surface area (TPSA) is 30.9 Å². The Morgan fingerprint density at radius 1 is 1.00 bits per heavy atom. The van der Waals surface area contributed by atoms with Crippen LogP contribution in [0.15, 0.2) is 0 Å². The van der Waals surface area contributed by atoms with Gasteiger partial charge in [-0.05, 0) is 54.5 Å². The summed E-state index contributed by atoms with van der Waals surface area (Å²) in [5.41, 5.74) is 0.445. The number of hydrogen-bond donors (Lipinski definition) is 0. The Labute approximate surface area is 154 Å². The molecule has 0 aromatic rings. The van der Waals surface area contributed by atoms with E-state index in [0.29, 0.717) is 13.2 Å². The normalized spacial score (nSPS) is 14.6. The van der Waals surface area contributed by atoms with Crippen LogP contribution in [0, 0.1) is 0 Å². The standard InChI is InChI=1S/C18H43NO3Si2/c1-10-13-14-19(18(5,6)7)15-16-24(20-11-2,21-12-3)22-17(4)23(8)9/h17,23H,10-16H2,1-9H3. The van der Waals surface area contributed by atoms with Crippen molar-refractivity contribution in [3.63, 3.8) is 0 Å². The van der Waals surface area contributed by atoms with Crippen molar-refractivity contribution in [2.75, 3.05) is 26.3 Å². The molecule has 0 saturated heterocycles. The van der Waals surface area contributed by atoms with E-state index in [-0.39, 0.29) is 11.3 Å². The van der Waals surface area contributed by atoms with Gasteiger partial charge >= 0.3 is 8.80 Å². The molecule has 0 N–H and O–H groups in total. The van der Waals surface area contributed by atoms with Crippen LogP contribution in [0.3, 0.4) is 0 Å². The summed E-state index contributed by atoms with van der Waals surface area (Å²) in [6.45, 7) is 23.4. The minimum Gasteiger partial charge on any atom is -0.374 e. The van der Waals surface area contributed by atoms with Crippen LogP contribution in [-0.2, 0) is 13.3 Å². The van der Waals surface area contributed by atoms with Crippen LogP contribution in [0.4, 0.5) is 0 Å². The summed E-state index contributed by atoms with van der Waals surface area (Å²) in [7, 11) is -3.49. The molecule has 0 fully saturated rings. The smallest absolute Gasteiger partial charge is 0.374 e. The van der Waals surface area contributed by atoms with Crippen molar-refractivity contribution in [3.8, 4) is 0 Å². The predicted octanol–water partition coefficient (Wildman–Crippen LogP) is 4.33. The van der Waals surface area contributed by atoms with E-state index in [9.17, 15) is 0 Å². The summed E-state index contributed by atoms with van der Waals surface area (Å²) in [5, 5.41) is 0. The average molecular weight is 378 g/mol. The van der Waals surface area contributed by atoms with Crippen LogP contribution >= 0.6 is 0 Å². The number of nitrogens with zero attached hydrogens (tertiary/aromatic N) is 1. The molecule has 1 unspecified atom stereocenters. The average Bonchev–Trinajstić information content (AvgIpc) is 2.46. The van der Waals surface area contributed by atoms with Crippen molar-refractivity contribution in [2.45, 2.75) is 91.7 Å². The third-order valence-electron chi connectivity index (χ3n) is 4.45. The molecule has 0 spiro atoms. The molecular weight excluding hydrogens is 334 g/mol. The monoisotopic (exact) mass is 377 g/mol. The highest BCUT2D eigenvalue weighted by atomic mass is 28.4. The minimum absolute atomic E-state index is 0.159. The van der Waals surface area contributed by atoms with Crippen LogP contribution < -0.4 is 0 Å². The molecule has 146 valence electrons. The molecule has 0 bridgehead atoms. The summed E-state index contributed by atoms with van der Waals surface area (Å²) < 4.78 is 18.8. The van der Waals surface area contributed by atoms with Crippen molar-refractivity contribution in [3.05, 3.63) is 0 Å². The second-order valence-corrected chi connectivity index (χ2v) is 14.0. The Morgan fingerprint density at radius 3 is 1.92 bits per heavy atom. The second kappa shape index (κ2) is 11.8. The van der Waals surface area contributed by atoms with Gasteiger partial charge in [-0.3, -0.25) is 4.90 Å². The maximum atomic E-state index is 6.48. The summed E-state index contributed by atoms with van der Waals surface area (Å²) >= 11 is 0. The van der Waals surface area contributed by atoms with Crippen molar-refractivity contribution in [1.82, 2.24) is 4.90 Å². The highest BCUT2D eigenvalue weighted by Crippen LogP contribution is 2.23. The SMILES string of the molecule is CCCCN(CC[Si](OCC)(OCC)OC(C)[SiH](C)C)C(C)(C)C. The molecule has 0 heterocycles. The molecular formula is C18H43NO3Si2. The van der Waals surface area contributed by atoms with E-state index < -0.39 is 17.6 Å². The summed E-state index contributed by atoms with van der Waals surface area (Å²) in [5.74, 6) is 0. The minimum atomic E-state index is -2.61. The lowest BCUT2D eigenvalue weighted by Gasteiger charge is -2.39. The summed E-state index contributed by atoms with van der Waals surface area (Å²) in [6, 6.07) is 0.876. The highest BCUT2D eigenvalue weighted by molar-refractivity contribution is 6.63. The van der Waals surface area contributed by atoms with E-state index in [4.69, 9.17) is 13.3 Å². The first-order valence-corrected chi connectivity index (χ1v) is 14.7. The van der Waals surface area contributed by atoms with Gasteiger partial charge in [-0.25, -0.2) is 0 Å². The third-order valence-corrected chi connectivity index (χ3v) is 9.76. The van der Waals surface area contributed by atoms with Crippen LogP contribution in [0.25, 0.3) is 0 Å². The van der Waals surface area contributed by atoms with Crippen LogP contribution in [0.5, 0.6) is 0 Å². The Balaban J connectivity index is 5.12. The molecule has 24 heavy (non-hydrogen) atoms. The first-order chi connectivity index (χ1) is 11.1. The Hall–Kier alpha value is 0.274. The van der Waals surface area contributed by atoms with Gasteiger partial charge in [-0.2, -0.15) is 0 Å². The molecule has 0 rings (SSSR count). The van der Waals surface area contributed by atoms with E-state index >= 15 is 0 Å². The summed E-state index contributed by atoms with van der Waals surface area (Å²) in [4.78, 5) is 2.55. The second-order valence-electron chi connectivity index (χ2n) is 7.88. The predicted molar refractivity (Wildman–Crippen MR) is 109 cm³/mol. The zero-order valence-corrected chi connectivity index (χ0v) is 19.9. The molecule has 0 radical (unpaired) electrons. The van der Waals surface area contributed by atoms with Gasteiger partial charge in [0.2, 0.25) is 0 Å². The largest absolute Gasteiger partial charge is 0.502 e. The van der Waals surface area contributed by atoms with Gasteiger partial charge in [-0.1, -0.05) is 26.4 Å². The van der Waals surface area contributed by atoms with Crippen LogP contribution in [-0.4, -0.2) is 60.1 Å². The Bertz CT molecular complexity index is 316. The van der Waals surface area contributed by atoms with E-state index in [0.717, 1.165) is 19.1 Å². The molecule has 0 aromatic carbocycles. The highest BCUT2D eigenvalue weighted by Gasteiger charge is 2.43. The molecule has 4 nitrogen and oxygen atoms in total. The fourth-order valence-corrected chi connectivity index (χ4v) is 6.90. The molecule has 6 heteroatoms. The number of rotatable bonds is 13. The summed E-state index contributed by atoms with van der Waals surface area (Å²) in [6.07, 6.45) is 2.45. The zero-order chi connectivity index (χ0) is 18.8. The van der Waals surface area contributed by atoms with Gasteiger partial charge in [0, 0.05) is 37.1 Å². The van der Waals surface area contributed by atoms with E-state index in [2.05, 4.69) is 52.6 Å². The van der Waals surface area contributed by atoms with Crippen LogP contribution in [0.1, 0.15) is 61.3 Å². The molecule has 1 atom stereocenters. The van der Waals surface area contributed by atoms with Crippen molar-refractivity contribution in [2.24, 2.45) is 0 Å². The molecule has 0 saturated carbocycles. The fourth-order valence-electron chi connectivity index (χ4n) is 2.58. The molecule has 0 aromatic heterocycles. The fraction of sp³-hybridized carbons (Fsp3) is 1.00. The van der Waals surface area contributed by atoms with Gasteiger partial charge in [0.1, 0.15) is 0 Å². The maximum Gasteiger partial charge on any atom is 0.502 e. The quantitative estimate of drug-likeness (QED) is 0.447. The van der Waals surface area contributed by atoms with Crippen molar-refractivity contribution in [1.29, 1.82) is 0 Å². The first-order valence-electron chi connectivity index (χ1n) is 9.82. The third kappa shape index (κ3) is 9.10. The number of unbranched alkanes of at least 4 members (excludes halogenated alkanes) is 1. The molecule has 0 amide bonds. The van der Waals surface area contributed by atoms with Crippen molar-refractivity contribution < 1.29 is 13.3 Å². The van der Waals surface area contributed by atoms with Gasteiger partial charge in [0.25, 0.3) is 0 Å². The molecule has 0 aliphatic heterocycles. The van der Waals surface area contributed by atoms with Gasteiger partial charge in [0.15, 0.2) is 0 Å². The van der Waals surface area contributed by atoms with Crippen LogP contribution in [0.2, 0.25) is 19.1 Å². The maximum absolute atomic E-state index is 6.48. The number of hydrogen-bond acceptors (Lipinski definition) is 4. The van der Waals surface area contributed by atoms with E-state index in [1.165, 1.54) is 12.8 Å². The lowest BCUT2D eigenvalue weighted by atomic mass is 10.1. The van der Waals surface area contributed by atoms with Gasteiger partial charge < -0.3 is 13.3 Å². The molecule has 0 aliphatic carbocycles.